The quantitative estimate of drug-likeness (QED) is 0.178. The predicted molar refractivity (Wildman–Crippen MR) is 224 cm³/mol. The van der Waals surface area contributed by atoms with Crippen LogP contribution in [0.2, 0.25) is 0 Å². The molecule has 56 heavy (non-hydrogen) atoms. The third-order valence-corrected chi connectivity index (χ3v) is 11.7. The van der Waals surface area contributed by atoms with Gasteiger partial charge in [-0.15, -0.1) is 0 Å². The highest BCUT2D eigenvalue weighted by molar-refractivity contribution is 5.76. The van der Waals surface area contributed by atoms with Crippen LogP contribution in [0.1, 0.15) is 28.2 Å². The Balaban J connectivity index is 0.975. The molecule has 3 atom stereocenters. The van der Waals surface area contributed by atoms with Crippen LogP contribution in [0.4, 0.5) is 0 Å². The molecule has 1 aromatic heterocycles. The topological polar surface area (TPSA) is 47.9 Å². The van der Waals surface area contributed by atoms with Gasteiger partial charge in [0.1, 0.15) is 11.5 Å². The van der Waals surface area contributed by atoms with Crippen LogP contribution in [-0.2, 0) is 5.41 Å². The molecule has 0 radical (unpaired) electrons. The van der Waals surface area contributed by atoms with E-state index in [1.54, 1.807) is 0 Å². The van der Waals surface area contributed by atoms with E-state index in [9.17, 15) is 0 Å². The zero-order valence-corrected chi connectivity index (χ0v) is 30.5. The van der Waals surface area contributed by atoms with Crippen molar-refractivity contribution in [1.82, 2.24) is 15.0 Å². The van der Waals surface area contributed by atoms with Crippen LogP contribution in [0.15, 0.2) is 200 Å². The molecule has 3 unspecified atom stereocenters. The lowest BCUT2D eigenvalue weighted by atomic mass is 9.62. The fourth-order valence-electron chi connectivity index (χ4n) is 9.16. The third-order valence-electron chi connectivity index (χ3n) is 11.7. The number of aromatic nitrogens is 3. The molecule has 0 amide bonds. The number of hydrogen-bond acceptors (Lipinski definition) is 4. The first-order chi connectivity index (χ1) is 27.7. The van der Waals surface area contributed by atoms with E-state index < -0.39 is 0 Å². The maximum atomic E-state index is 6.79. The minimum atomic E-state index is -0.357. The third kappa shape index (κ3) is 5.10. The highest BCUT2D eigenvalue weighted by Crippen LogP contribution is 2.64. The van der Waals surface area contributed by atoms with Gasteiger partial charge in [0.25, 0.3) is 0 Å². The second kappa shape index (κ2) is 13.0. The highest BCUT2D eigenvalue weighted by atomic mass is 16.5. The number of hydrogen-bond donors (Lipinski definition) is 0. The van der Waals surface area contributed by atoms with Crippen LogP contribution in [0.3, 0.4) is 0 Å². The number of para-hydroxylation sites is 1. The van der Waals surface area contributed by atoms with Crippen molar-refractivity contribution in [3.8, 4) is 67.9 Å². The summed E-state index contributed by atoms with van der Waals surface area (Å²) in [4.78, 5) is 15.0. The van der Waals surface area contributed by atoms with Crippen LogP contribution in [0, 0.1) is 5.92 Å². The summed E-state index contributed by atoms with van der Waals surface area (Å²) in [5.41, 5.74) is 12.1. The van der Waals surface area contributed by atoms with Gasteiger partial charge in [0.15, 0.2) is 17.5 Å². The van der Waals surface area contributed by atoms with E-state index in [1.165, 1.54) is 27.8 Å². The van der Waals surface area contributed by atoms with E-state index in [0.29, 0.717) is 23.4 Å². The zero-order chi connectivity index (χ0) is 37.1. The summed E-state index contributed by atoms with van der Waals surface area (Å²) in [7, 11) is 0. The van der Waals surface area contributed by atoms with Crippen molar-refractivity contribution in [3.63, 3.8) is 0 Å². The number of allylic oxidation sites excluding steroid dienone is 4. The molecule has 7 aromatic carbocycles. The molecule has 0 N–H and O–H groups in total. The zero-order valence-electron chi connectivity index (χ0n) is 30.5. The van der Waals surface area contributed by atoms with Crippen LogP contribution < -0.4 is 4.74 Å². The molecule has 4 heteroatoms. The fraction of sp³-hybridized carbons (Fsp3) is 0.0577. The van der Waals surface area contributed by atoms with Crippen molar-refractivity contribution in [2.75, 3.05) is 0 Å². The Hall–Kier alpha value is -7.17. The standard InChI is InChI=1S/C52H35N3O/c1-3-13-34(14-4-1)35-23-27-38(28-24-35)50-53-49(37-15-5-2-6-16-37)54-51(55-50)39-29-25-36(26-30-39)40-31-32-46-48(33-40)56-47-22-12-11-21-45(47)52(46)43-19-9-7-17-41(43)42-18-8-10-20-44(42)52/h1-33,41,43H. The number of rotatable bonds is 5. The average Bonchev–Trinajstić information content (AvgIpc) is 3.57. The van der Waals surface area contributed by atoms with Crippen molar-refractivity contribution in [1.29, 1.82) is 0 Å². The second-order valence-electron chi connectivity index (χ2n) is 14.7. The Labute approximate surface area is 326 Å². The maximum Gasteiger partial charge on any atom is 0.164 e. The summed E-state index contributed by atoms with van der Waals surface area (Å²) >= 11 is 0. The number of fused-ring (bicyclic) bond motifs is 9. The Bertz CT molecular complexity index is 2830. The van der Waals surface area contributed by atoms with Crippen molar-refractivity contribution in [2.24, 2.45) is 5.92 Å². The predicted octanol–water partition coefficient (Wildman–Crippen LogP) is 12.5. The van der Waals surface area contributed by atoms with Crippen LogP contribution in [0.25, 0.3) is 56.4 Å². The monoisotopic (exact) mass is 717 g/mol. The van der Waals surface area contributed by atoms with E-state index in [-0.39, 0.29) is 11.3 Å². The largest absolute Gasteiger partial charge is 0.457 e. The molecular formula is C52H35N3O. The van der Waals surface area contributed by atoms with Crippen molar-refractivity contribution < 1.29 is 4.74 Å². The number of benzene rings is 7. The van der Waals surface area contributed by atoms with Crippen molar-refractivity contribution in [3.05, 3.63) is 222 Å². The van der Waals surface area contributed by atoms with Crippen LogP contribution >= 0.6 is 0 Å². The Morgan fingerprint density at radius 2 is 0.839 bits per heavy atom. The molecule has 1 spiro atoms. The number of ether oxygens (including phenoxy) is 1. The minimum Gasteiger partial charge on any atom is -0.457 e. The van der Waals surface area contributed by atoms with Crippen molar-refractivity contribution >= 4 is 0 Å². The molecule has 8 aromatic rings. The van der Waals surface area contributed by atoms with Gasteiger partial charge in [0.05, 0.1) is 5.41 Å². The Kier molecular flexibility index (Phi) is 7.49. The first-order valence-corrected chi connectivity index (χ1v) is 19.2. The lowest BCUT2D eigenvalue weighted by Crippen LogP contribution is -2.37. The SMILES string of the molecule is C1=CC2c3ccccc3C3(c4ccccc4Oc4cc(-c5ccc(-c6nc(-c7ccccc7)nc(-c7ccc(-c8ccccc8)cc7)n6)cc5)ccc43)C2C=C1. The number of nitrogens with zero attached hydrogens (tertiary/aromatic N) is 3. The van der Waals surface area contributed by atoms with Crippen molar-refractivity contribution in [2.45, 2.75) is 11.3 Å². The average molecular weight is 718 g/mol. The van der Waals surface area contributed by atoms with Gasteiger partial charge in [-0.25, -0.2) is 15.0 Å². The maximum absolute atomic E-state index is 6.79. The van der Waals surface area contributed by atoms with E-state index in [4.69, 9.17) is 19.7 Å². The van der Waals surface area contributed by atoms with Crippen LogP contribution in [0.5, 0.6) is 11.5 Å². The Morgan fingerprint density at radius 1 is 0.375 bits per heavy atom. The summed E-state index contributed by atoms with van der Waals surface area (Å²) in [6.07, 6.45) is 9.17. The first-order valence-electron chi connectivity index (χ1n) is 19.2. The summed E-state index contributed by atoms with van der Waals surface area (Å²) in [5, 5.41) is 0. The van der Waals surface area contributed by atoms with Gasteiger partial charge >= 0.3 is 0 Å². The summed E-state index contributed by atoms with van der Waals surface area (Å²) in [6, 6.07) is 61.8. The van der Waals surface area contributed by atoms with Crippen LogP contribution in [-0.4, -0.2) is 15.0 Å². The molecule has 11 rings (SSSR count). The Morgan fingerprint density at radius 3 is 1.52 bits per heavy atom. The summed E-state index contributed by atoms with van der Waals surface area (Å²) in [6.45, 7) is 0. The smallest absolute Gasteiger partial charge is 0.164 e. The van der Waals surface area contributed by atoms with E-state index >= 15 is 0 Å². The highest BCUT2D eigenvalue weighted by Gasteiger charge is 2.56. The molecule has 3 aliphatic rings. The normalized spacial score (nSPS) is 18.4. The molecule has 4 nitrogen and oxygen atoms in total. The first kappa shape index (κ1) is 32.3. The molecular weight excluding hydrogens is 683 g/mol. The molecule has 0 saturated carbocycles. The molecule has 0 saturated heterocycles. The molecule has 264 valence electrons. The lowest BCUT2D eigenvalue weighted by molar-refractivity contribution is 0.374. The molecule has 2 heterocycles. The fourth-order valence-corrected chi connectivity index (χ4v) is 9.16. The van der Waals surface area contributed by atoms with Gasteiger partial charge in [-0.2, -0.15) is 0 Å². The van der Waals surface area contributed by atoms with E-state index in [1.807, 2.05) is 36.4 Å². The van der Waals surface area contributed by atoms with Gasteiger partial charge in [-0.1, -0.05) is 188 Å². The molecule has 1 aliphatic heterocycles. The van der Waals surface area contributed by atoms with E-state index in [0.717, 1.165) is 44.9 Å². The minimum absolute atomic E-state index is 0.242. The van der Waals surface area contributed by atoms with Gasteiger partial charge in [-0.05, 0) is 45.5 Å². The van der Waals surface area contributed by atoms with E-state index in [2.05, 4.69) is 164 Å². The molecule has 0 bridgehead atoms. The summed E-state index contributed by atoms with van der Waals surface area (Å²) in [5.74, 6) is 4.27. The van der Waals surface area contributed by atoms with Gasteiger partial charge in [0.2, 0.25) is 0 Å². The second-order valence-corrected chi connectivity index (χ2v) is 14.7. The van der Waals surface area contributed by atoms with Gasteiger partial charge < -0.3 is 4.74 Å². The molecule has 0 fully saturated rings. The summed E-state index contributed by atoms with van der Waals surface area (Å²) < 4.78 is 6.79. The van der Waals surface area contributed by atoms with Gasteiger partial charge in [0, 0.05) is 39.7 Å². The lowest BCUT2D eigenvalue weighted by Gasteiger charge is -2.43. The molecule has 2 aliphatic carbocycles. The van der Waals surface area contributed by atoms with Gasteiger partial charge in [-0.3, -0.25) is 0 Å².